The SMILES string of the molecule is CC(=O)Oc1ccc(C(=O)Nc2cc(NC(=O)CCCC3CCCCC3)ccc2C)cc1. The van der Waals surface area contributed by atoms with Crippen molar-refractivity contribution in [1.29, 1.82) is 0 Å². The summed E-state index contributed by atoms with van der Waals surface area (Å²) in [6, 6.07) is 11.8. The molecular weight excluding hydrogens is 404 g/mol. The van der Waals surface area contributed by atoms with Gasteiger partial charge in [-0.2, -0.15) is 0 Å². The van der Waals surface area contributed by atoms with Gasteiger partial charge >= 0.3 is 5.97 Å². The molecule has 0 bridgehead atoms. The van der Waals surface area contributed by atoms with Crippen LogP contribution in [-0.4, -0.2) is 17.8 Å². The average molecular weight is 437 g/mol. The van der Waals surface area contributed by atoms with Gasteiger partial charge in [-0.15, -0.1) is 0 Å². The summed E-state index contributed by atoms with van der Waals surface area (Å²) in [4.78, 5) is 36.0. The summed E-state index contributed by atoms with van der Waals surface area (Å²) >= 11 is 0. The van der Waals surface area contributed by atoms with Gasteiger partial charge in [-0.05, 0) is 67.6 Å². The third kappa shape index (κ3) is 7.22. The van der Waals surface area contributed by atoms with Gasteiger partial charge < -0.3 is 15.4 Å². The highest BCUT2D eigenvalue weighted by Gasteiger charge is 2.14. The molecule has 0 aliphatic heterocycles. The third-order valence-electron chi connectivity index (χ3n) is 5.89. The Morgan fingerprint density at radius 3 is 2.38 bits per heavy atom. The van der Waals surface area contributed by atoms with Gasteiger partial charge in [0.2, 0.25) is 5.91 Å². The second-order valence-electron chi connectivity index (χ2n) is 8.55. The fourth-order valence-electron chi connectivity index (χ4n) is 4.12. The Balaban J connectivity index is 1.53. The van der Waals surface area contributed by atoms with Gasteiger partial charge in [0, 0.05) is 30.3 Å². The smallest absolute Gasteiger partial charge is 0.308 e. The van der Waals surface area contributed by atoms with Crippen molar-refractivity contribution in [1.82, 2.24) is 0 Å². The van der Waals surface area contributed by atoms with Crippen LogP contribution in [0, 0.1) is 12.8 Å². The van der Waals surface area contributed by atoms with Crippen LogP contribution >= 0.6 is 0 Å². The minimum Gasteiger partial charge on any atom is -0.427 e. The number of amides is 2. The van der Waals surface area contributed by atoms with E-state index in [1.165, 1.54) is 39.0 Å². The first-order valence-electron chi connectivity index (χ1n) is 11.4. The maximum absolute atomic E-state index is 12.6. The Bertz CT molecular complexity index is 947. The Morgan fingerprint density at radius 2 is 1.69 bits per heavy atom. The molecule has 1 aliphatic carbocycles. The highest BCUT2D eigenvalue weighted by atomic mass is 16.5. The van der Waals surface area contributed by atoms with Crippen molar-refractivity contribution in [2.45, 2.75) is 65.2 Å². The van der Waals surface area contributed by atoms with E-state index in [2.05, 4.69) is 10.6 Å². The van der Waals surface area contributed by atoms with E-state index in [9.17, 15) is 14.4 Å². The first-order chi connectivity index (χ1) is 15.4. The van der Waals surface area contributed by atoms with Gasteiger partial charge in [0.1, 0.15) is 5.75 Å². The quantitative estimate of drug-likeness (QED) is 0.401. The van der Waals surface area contributed by atoms with Gasteiger partial charge in [0.15, 0.2) is 0 Å². The highest BCUT2D eigenvalue weighted by molar-refractivity contribution is 6.05. The molecule has 170 valence electrons. The number of rotatable bonds is 8. The molecule has 2 aromatic rings. The Kier molecular flexibility index (Phi) is 8.42. The van der Waals surface area contributed by atoms with Crippen LogP contribution in [0.15, 0.2) is 42.5 Å². The van der Waals surface area contributed by atoms with Crippen LogP contribution in [0.25, 0.3) is 0 Å². The second-order valence-corrected chi connectivity index (χ2v) is 8.55. The summed E-state index contributed by atoms with van der Waals surface area (Å²) in [5.74, 6) is 0.478. The molecule has 0 spiro atoms. The normalized spacial score (nSPS) is 13.9. The molecule has 6 heteroatoms. The number of aryl methyl sites for hydroxylation is 1. The molecule has 2 amide bonds. The Hall–Kier alpha value is -3.15. The lowest BCUT2D eigenvalue weighted by Gasteiger charge is -2.21. The van der Waals surface area contributed by atoms with Gasteiger partial charge in [-0.1, -0.05) is 38.2 Å². The van der Waals surface area contributed by atoms with Crippen LogP contribution in [0.5, 0.6) is 5.75 Å². The van der Waals surface area contributed by atoms with E-state index in [4.69, 9.17) is 4.74 Å². The second kappa shape index (κ2) is 11.5. The van der Waals surface area contributed by atoms with Gasteiger partial charge in [-0.25, -0.2) is 0 Å². The molecule has 0 radical (unpaired) electrons. The Labute approximate surface area is 189 Å². The molecule has 2 aromatic carbocycles. The van der Waals surface area contributed by atoms with Gasteiger partial charge in [0.05, 0.1) is 0 Å². The summed E-state index contributed by atoms with van der Waals surface area (Å²) in [6.07, 6.45) is 9.15. The lowest BCUT2D eigenvalue weighted by atomic mass is 9.86. The van der Waals surface area contributed by atoms with Crippen molar-refractivity contribution in [2.75, 3.05) is 10.6 Å². The maximum Gasteiger partial charge on any atom is 0.308 e. The molecule has 1 aliphatic rings. The predicted molar refractivity (Wildman–Crippen MR) is 126 cm³/mol. The minimum absolute atomic E-state index is 0.00278. The topological polar surface area (TPSA) is 84.5 Å². The van der Waals surface area contributed by atoms with Crippen molar-refractivity contribution < 1.29 is 19.1 Å². The van der Waals surface area contributed by atoms with Crippen molar-refractivity contribution in [3.8, 4) is 5.75 Å². The molecule has 0 heterocycles. The zero-order chi connectivity index (χ0) is 22.9. The van der Waals surface area contributed by atoms with E-state index in [1.54, 1.807) is 30.3 Å². The molecular formula is C26H32N2O4. The monoisotopic (exact) mass is 436 g/mol. The van der Waals surface area contributed by atoms with E-state index in [0.717, 1.165) is 24.3 Å². The molecule has 0 aromatic heterocycles. The third-order valence-corrected chi connectivity index (χ3v) is 5.89. The van der Waals surface area contributed by atoms with E-state index < -0.39 is 5.97 Å². The number of carbonyl (C=O) groups excluding carboxylic acids is 3. The fraction of sp³-hybridized carbons (Fsp3) is 0.423. The van der Waals surface area contributed by atoms with Crippen LogP contribution in [0.1, 0.15) is 74.2 Å². The molecule has 0 unspecified atom stereocenters. The van der Waals surface area contributed by atoms with Crippen molar-refractivity contribution in [3.05, 3.63) is 53.6 Å². The summed E-state index contributed by atoms with van der Waals surface area (Å²) in [7, 11) is 0. The number of hydrogen-bond acceptors (Lipinski definition) is 4. The number of hydrogen-bond donors (Lipinski definition) is 2. The number of carbonyl (C=O) groups is 3. The molecule has 0 saturated heterocycles. The van der Waals surface area contributed by atoms with E-state index in [-0.39, 0.29) is 11.8 Å². The lowest BCUT2D eigenvalue weighted by Crippen LogP contribution is -2.15. The van der Waals surface area contributed by atoms with Gasteiger partial charge in [0.25, 0.3) is 5.91 Å². The summed E-state index contributed by atoms with van der Waals surface area (Å²) < 4.78 is 4.99. The summed E-state index contributed by atoms with van der Waals surface area (Å²) in [6.45, 7) is 3.22. The van der Waals surface area contributed by atoms with Crippen LogP contribution in [0.4, 0.5) is 11.4 Å². The zero-order valence-corrected chi connectivity index (χ0v) is 18.9. The fourth-order valence-corrected chi connectivity index (χ4v) is 4.12. The lowest BCUT2D eigenvalue weighted by molar-refractivity contribution is -0.131. The predicted octanol–water partition coefficient (Wildman–Crippen LogP) is 5.86. The van der Waals surface area contributed by atoms with Crippen molar-refractivity contribution >= 4 is 29.2 Å². The molecule has 2 N–H and O–H groups in total. The van der Waals surface area contributed by atoms with Crippen LogP contribution in [-0.2, 0) is 9.59 Å². The number of nitrogens with one attached hydrogen (secondary N) is 2. The highest BCUT2D eigenvalue weighted by Crippen LogP contribution is 2.28. The molecule has 0 atom stereocenters. The van der Waals surface area contributed by atoms with E-state index in [1.807, 2.05) is 19.1 Å². The maximum atomic E-state index is 12.6. The van der Waals surface area contributed by atoms with Crippen molar-refractivity contribution in [2.24, 2.45) is 5.92 Å². The van der Waals surface area contributed by atoms with Crippen LogP contribution in [0.2, 0.25) is 0 Å². The minimum atomic E-state index is -0.411. The number of ether oxygens (including phenoxy) is 1. The van der Waals surface area contributed by atoms with E-state index >= 15 is 0 Å². The number of esters is 1. The molecule has 3 rings (SSSR count). The number of benzene rings is 2. The first kappa shape index (κ1) is 23.5. The van der Waals surface area contributed by atoms with Gasteiger partial charge in [-0.3, -0.25) is 14.4 Å². The molecule has 32 heavy (non-hydrogen) atoms. The summed E-state index contributed by atoms with van der Waals surface area (Å²) in [5.41, 5.74) is 2.64. The molecule has 1 saturated carbocycles. The van der Waals surface area contributed by atoms with Crippen molar-refractivity contribution in [3.63, 3.8) is 0 Å². The largest absolute Gasteiger partial charge is 0.427 e. The average Bonchev–Trinajstić information content (AvgIpc) is 2.77. The first-order valence-corrected chi connectivity index (χ1v) is 11.4. The van der Waals surface area contributed by atoms with Crippen LogP contribution in [0.3, 0.4) is 0 Å². The molecule has 1 fully saturated rings. The standard InChI is InChI=1S/C26H32N2O4/c1-18-11-14-22(27-25(30)10-6-9-20-7-4-3-5-8-20)17-24(18)28-26(31)21-12-15-23(16-13-21)32-19(2)29/h11-17,20H,3-10H2,1-2H3,(H,27,30)(H,28,31). The Morgan fingerprint density at radius 1 is 0.969 bits per heavy atom. The number of anilines is 2. The van der Waals surface area contributed by atoms with E-state index in [0.29, 0.717) is 29.1 Å². The van der Waals surface area contributed by atoms with Crippen LogP contribution < -0.4 is 15.4 Å². The zero-order valence-electron chi connectivity index (χ0n) is 18.9. The molecule has 6 nitrogen and oxygen atoms in total. The summed E-state index contributed by atoms with van der Waals surface area (Å²) in [5, 5.41) is 5.84.